The lowest BCUT2D eigenvalue weighted by Gasteiger charge is -2.42. The van der Waals surface area contributed by atoms with Crippen LogP contribution in [0.3, 0.4) is 0 Å². The first kappa shape index (κ1) is 15.3. The molecule has 0 aromatic heterocycles. The lowest BCUT2D eigenvalue weighted by molar-refractivity contribution is -0.155. The Bertz CT molecular complexity index is 391. The van der Waals surface area contributed by atoms with Gasteiger partial charge in [-0.1, -0.05) is 20.8 Å². The summed E-state index contributed by atoms with van der Waals surface area (Å²) in [5.74, 6) is -0.215. The van der Waals surface area contributed by atoms with Gasteiger partial charge in [-0.25, -0.2) is 4.79 Å². The molecule has 3 unspecified atom stereocenters. The Labute approximate surface area is 121 Å². The first-order valence-corrected chi connectivity index (χ1v) is 7.83. The predicted molar refractivity (Wildman–Crippen MR) is 77.3 cm³/mol. The normalized spacial score (nSPS) is 33.8. The summed E-state index contributed by atoms with van der Waals surface area (Å²) < 4.78 is 0. The van der Waals surface area contributed by atoms with Crippen molar-refractivity contribution in [3.8, 4) is 0 Å². The summed E-state index contributed by atoms with van der Waals surface area (Å²) in [6, 6.07) is -0.600. The van der Waals surface area contributed by atoms with E-state index in [9.17, 15) is 14.7 Å². The summed E-state index contributed by atoms with van der Waals surface area (Å²) in [7, 11) is 0. The van der Waals surface area contributed by atoms with Crippen LogP contribution in [0.25, 0.3) is 0 Å². The third-order valence-corrected chi connectivity index (χ3v) is 4.81. The van der Waals surface area contributed by atoms with E-state index in [0.29, 0.717) is 18.9 Å². The van der Waals surface area contributed by atoms with Crippen molar-refractivity contribution in [2.75, 3.05) is 6.54 Å². The summed E-state index contributed by atoms with van der Waals surface area (Å²) in [4.78, 5) is 25.8. The lowest BCUT2D eigenvalue weighted by atomic mass is 9.67. The van der Waals surface area contributed by atoms with E-state index < -0.39 is 12.0 Å². The van der Waals surface area contributed by atoms with Gasteiger partial charge in [0.15, 0.2) is 0 Å². The molecule has 1 saturated heterocycles. The van der Waals surface area contributed by atoms with Gasteiger partial charge in [-0.3, -0.25) is 4.79 Å². The topological polar surface area (TPSA) is 57.6 Å². The van der Waals surface area contributed by atoms with Crippen molar-refractivity contribution in [3.63, 3.8) is 0 Å². The van der Waals surface area contributed by atoms with Gasteiger partial charge in [0.1, 0.15) is 6.04 Å². The molecule has 4 heteroatoms. The van der Waals surface area contributed by atoms with Crippen LogP contribution in [0.15, 0.2) is 0 Å². The molecule has 2 rings (SSSR count). The molecule has 0 spiro atoms. The van der Waals surface area contributed by atoms with Gasteiger partial charge in [-0.2, -0.15) is 0 Å². The summed E-state index contributed by atoms with van der Waals surface area (Å²) >= 11 is 0. The Kier molecular flexibility index (Phi) is 4.40. The summed E-state index contributed by atoms with van der Waals surface area (Å²) in [6.07, 6.45) is 5.39. The Morgan fingerprint density at radius 1 is 1.20 bits per heavy atom. The molecule has 1 heterocycles. The maximum absolute atomic E-state index is 12.8. The standard InChI is InChI=1S/C16H27NO3/c1-11-8-12(10-16(2,3)9-11)14(18)17-7-5-4-6-13(17)15(19)20/h11-13H,4-10H2,1-3H3,(H,19,20). The smallest absolute Gasteiger partial charge is 0.326 e. The molecule has 1 saturated carbocycles. The fourth-order valence-corrected chi connectivity index (χ4v) is 4.22. The first-order valence-electron chi connectivity index (χ1n) is 7.83. The van der Waals surface area contributed by atoms with Gasteiger partial charge < -0.3 is 10.0 Å². The Morgan fingerprint density at radius 3 is 2.50 bits per heavy atom. The molecule has 1 amide bonds. The number of nitrogens with zero attached hydrogens (tertiary/aromatic N) is 1. The number of carboxylic acids is 1. The molecule has 114 valence electrons. The molecule has 1 N–H and O–H groups in total. The Balaban J connectivity index is 2.10. The van der Waals surface area contributed by atoms with Crippen LogP contribution in [0.4, 0.5) is 0 Å². The second-order valence-corrected chi connectivity index (χ2v) is 7.49. The number of hydrogen-bond donors (Lipinski definition) is 1. The number of carbonyl (C=O) groups is 2. The van der Waals surface area contributed by atoms with Crippen molar-refractivity contribution >= 4 is 11.9 Å². The van der Waals surface area contributed by atoms with Gasteiger partial charge >= 0.3 is 5.97 Å². The molecule has 3 atom stereocenters. The van der Waals surface area contributed by atoms with Crippen LogP contribution >= 0.6 is 0 Å². The van der Waals surface area contributed by atoms with E-state index in [-0.39, 0.29) is 17.2 Å². The maximum Gasteiger partial charge on any atom is 0.326 e. The Morgan fingerprint density at radius 2 is 1.90 bits per heavy atom. The highest BCUT2D eigenvalue weighted by atomic mass is 16.4. The zero-order valence-corrected chi connectivity index (χ0v) is 12.9. The number of likely N-dealkylation sites (tertiary alicyclic amines) is 1. The van der Waals surface area contributed by atoms with Crippen LogP contribution in [-0.4, -0.2) is 34.5 Å². The highest BCUT2D eigenvalue weighted by molar-refractivity contribution is 5.85. The molecule has 1 aliphatic heterocycles. The molecule has 2 fully saturated rings. The molecular weight excluding hydrogens is 254 g/mol. The van der Waals surface area contributed by atoms with Crippen molar-refractivity contribution in [2.45, 2.75) is 65.3 Å². The number of piperidine rings is 1. The molecule has 0 aromatic carbocycles. The van der Waals surface area contributed by atoms with Crippen molar-refractivity contribution in [3.05, 3.63) is 0 Å². The van der Waals surface area contributed by atoms with Crippen LogP contribution in [-0.2, 0) is 9.59 Å². The quantitative estimate of drug-likeness (QED) is 0.846. The number of carbonyl (C=O) groups excluding carboxylic acids is 1. The maximum atomic E-state index is 12.8. The lowest BCUT2D eigenvalue weighted by Crippen LogP contribution is -2.51. The summed E-state index contributed by atoms with van der Waals surface area (Å²) in [5.41, 5.74) is 0.187. The van der Waals surface area contributed by atoms with Crippen LogP contribution in [0.5, 0.6) is 0 Å². The van der Waals surface area contributed by atoms with Crippen molar-refractivity contribution in [2.24, 2.45) is 17.3 Å². The highest BCUT2D eigenvalue weighted by Crippen LogP contribution is 2.42. The fraction of sp³-hybridized carbons (Fsp3) is 0.875. The second kappa shape index (κ2) is 5.74. The van der Waals surface area contributed by atoms with Crippen molar-refractivity contribution in [1.82, 2.24) is 4.90 Å². The minimum absolute atomic E-state index is 0.00806. The summed E-state index contributed by atoms with van der Waals surface area (Å²) in [5, 5.41) is 9.32. The number of hydrogen-bond acceptors (Lipinski definition) is 2. The molecule has 20 heavy (non-hydrogen) atoms. The van der Waals surface area contributed by atoms with E-state index in [1.807, 2.05) is 0 Å². The van der Waals surface area contributed by atoms with E-state index in [1.54, 1.807) is 4.90 Å². The van der Waals surface area contributed by atoms with E-state index in [0.717, 1.165) is 32.1 Å². The van der Waals surface area contributed by atoms with Gasteiger partial charge in [0, 0.05) is 12.5 Å². The number of aliphatic carboxylic acids is 1. The minimum Gasteiger partial charge on any atom is -0.480 e. The van der Waals surface area contributed by atoms with Gasteiger partial charge in [-0.05, 0) is 49.9 Å². The van der Waals surface area contributed by atoms with Gasteiger partial charge in [-0.15, -0.1) is 0 Å². The van der Waals surface area contributed by atoms with Crippen LogP contribution in [0.2, 0.25) is 0 Å². The number of amides is 1. The number of rotatable bonds is 2. The SMILES string of the molecule is CC1CC(C(=O)N2CCCCC2C(=O)O)CC(C)(C)C1. The van der Waals surface area contributed by atoms with Crippen LogP contribution < -0.4 is 0 Å². The predicted octanol–water partition coefficient (Wildman–Crippen LogP) is 2.91. The molecule has 1 aliphatic carbocycles. The molecule has 0 bridgehead atoms. The van der Waals surface area contributed by atoms with E-state index in [2.05, 4.69) is 20.8 Å². The largest absolute Gasteiger partial charge is 0.480 e. The fourth-order valence-electron chi connectivity index (χ4n) is 4.22. The van der Waals surface area contributed by atoms with E-state index in [1.165, 1.54) is 0 Å². The van der Waals surface area contributed by atoms with Crippen LogP contribution in [0.1, 0.15) is 59.3 Å². The zero-order valence-electron chi connectivity index (χ0n) is 12.9. The second-order valence-electron chi connectivity index (χ2n) is 7.49. The molecule has 0 radical (unpaired) electrons. The van der Waals surface area contributed by atoms with E-state index >= 15 is 0 Å². The summed E-state index contributed by atoms with van der Waals surface area (Å²) in [6.45, 7) is 7.24. The van der Waals surface area contributed by atoms with Crippen LogP contribution in [0, 0.1) is 17.3 Å². The first-order chi connectivity index (χ1) is 9.30. The van der Waals surface area contributed by atoms with Gasteiger partial charge in [0.25, 0.3) is 0 Å². The van der Waals surface area contributed by atoms with E-state index in [4.69, 9.17) is 0 Å². The molecule has 4 nitrogen and oxygen atoms in total. The average molecular weight is 281 g/mol. The zero-order chi connectivity index (χ0) is 14.9. The molecule has 2 aliphatic rings. The van der Waals surface area contributed by atoms with Gasteiger partial charge in [0.2, 0.25) is 5.91 Å². The number of carboxylic acid groups (broad SMARTS) is 1. The third kappa shape index (κ3) is 3.33. The van der Waals surface area contributed by atoms with Crippen molar-refractivity contribution < 1.29 is 14.7 Å². The van der Waals surface area contributed by atoms with Crippen molar-refractivity contribution in [1.29, 1.82) is 0 Å². The van der Waals surface area contributed by atoms with Gasteiger partial charge in [0.05, 0.1) is 0 Å². The average Bonchev–Trinajstić information content (AvgIpc) is 2.35. The minimum atomic E-state index is -0.846. The molecular formula is C16H27NO3. The molecule has 0 aromatic rings. The monoisotopic (exact) mass is 281 g/mol. The third-order valence-electron chi connectivity index (χ3n) is 4.81. The highest BCUT2D eigenvalue weighted by Gasteiger charge is 2.40. The Hall–Kier alpha value is -1.06.